The minimum absolute atomic E-state index is 0.0877. The van der Waals surface area contributed by atoms with Crippen molar-refractivity contribution in [3.63, 3.8) is 0 Å². The number of halogens is 1. The van der Waals surface area contributed by atoms with Gasteiger partial charge in [0.15, 0.2) is 17.3 Å². The molecule has 10 nitrogen and oxygen atoms in total. The highest BCUT2D eigenvalue weighted by molar-refractivity contribution is 7.87. The Kier molecular flexibility index (Phi) is 6.60. The van der Waals surface area contributed by atoms with Crippen molar-refractivity contribution in [1.29, 1.82) is 0 Å². The van der Waals surface area contributed by atoms with Crippen LogP contribution in [-0.4, -0.2) is 37.1 Å². The first-order valence-electron chi connectivity index (χ1n) is 11.9. The SMILES string of the molecule is CNC(C(=O)Cn1nc(OS(=O)(=O)c2ccc(C)cc2)c2ccccc2c1=O)c1ccc2c(c1)OC(C)(F)O2. The van der Waals surface area contributed by atoms with Crippen molar-refractivity contribution in [3.05, 3.63) is 88.2 Å². The maximum absolute atomic E-state index is 14.1. The van der Waals surface area contributed by atoms with E-state index in [0.29, 0.717) is 5.56 Å². The zero-order chi connectivity index (χ0) is 27.9. The van der Waals surface area contributed by atoms with Crippen LogP contribution in [0.25, 0.3) is 10.8 Å². The van der Waals surface area contributed by atoms with E-state index in [1.165, 1.54) is 36.4 Å². The molecule has 1 aromatic heterocycles. The van der Waals surface area contributed by atoms with Crippen molar-refractivity contribution in [1.82, 2.24) is 15.1 Å². The number of alkyl halides is 1. The van der Waals surface area contributed by atoms with Crippen molar-refractivity contribution in [2.45, 2.75) is 37.4 Å². The minimum atomic E-state index is -4.29. The van der Waals surface area contributed by atoms with Gasteiger partial charge in [0, 0.05) is 6.92 Å². The monoisotopic (exact) mass is 553 g/mol. The lowest BCUT2D eigenvalue weighted by atomic mass is 10.0. The molecule has 2 unspecified atom stereocenters. The molecule has 12 heteroatoms. The van der Waals surface area contributed by atoms with Gasteiger partial charge < -0.3 is 19.0 Å². The molecule has 2 atom stereocenters. The lowest BCUT2D eigenvalue weighted by molar-refractivity contribution is -0.173. The maximum atomic E-state index is 14.1. The zero-order valence-corrected chi connectivity index (χ0v) is 22.0. The molecule has 3 aromatic carbocycles. The van der Waals surface area contributed by atoms with Gasteiger partial charge in [-0.15, -0.1) is 5.10 Å². The Bertz CT molecular complexity index is 1750. The molecule has 0 fully saturated rings. The predicted molar refractivity (Wildman–Crippen MR) is 139 cm³/mol. The standard InChI is InChI=1S/C27H24FN3O7S/c1-16-8-11-18(12-9-16)39(34,35)38-25-19-6-4-5-7-20(19)26(33)31(30-25)15-21(32)24(29-3)17-10-13-22-23(14-17)37-27(2,28)36-22/h4-14,24,29H,15H2,1-3H3. The van der Waals surface area contributed by atoms with Crippen LogP contribution in [0.5, 0.6) is 17.4 Å². The third-order valence-electron chi connectivity index (χ3n) is 6.13. The Balaban J connectivity index is 1.49. The predicted octanol–water partition coefficient (Wildman–Crippen LogP) is 3.42. The molecule has 1 N–H and O–H groups in total. The van der Waals surface area contributed by atoms with E-state index in [2.05, 4.69) is 10.4 Å². The molecule has 0 radical (unpaired) electrons. The van der Waals surface area contributed by atoms with E-state index >= 15 is 0 Å². The summed E-state index contributed by atoms with van der Waals surface area (Å²) >= 11 is 0. The van der Waals surface area contributed by atoms with Crippen LogP contribution in [0.3, 0.4) is 0 Å². The highest BCUT2D eigenvalue weighted by atomic mass is 32.2. The number of ketones is 1. The molecule has 0 bridgehead atoms. The number of carbonyl (C=O) groups excluding carboxylic acids is 1. The van der Waals surface area contributed by atoms with Crippen LogP contribution in [0.4, 0.5) is 4.39 Å². The van der Waals surface area contributed by atoms with Crippen LogP contribution in [0.1, 0.15) is 24.1 Å². The maximum Gasteiger partial charge on any atom is 0.404 e. The molecule has 0 saturated carbocycles. The summed E-state index contributed by atoms with van der Waals surface area (Å²) in [5, 5.41) is 7.30. The van der Waals surface area contributed by atoms with E-state index in [1.807, 2.05) is 6.92 Å². The summed E-state index contributed by atoms with van der Waals surface area (Å²) in [5.74, 6) is -0.500. The third-order valence-corrected chi connectivity index (χ3v) is 7.36. The van der Waals surface area contributed by atoms with Crippen molar-refractivity contribution in [2.75, 3.05) is 7.05 Å². The molecule has 1 aliphatic heterocycles. The topological polar surface area (TPSA) is 126 Å². The van der Waals surface area contributed by atoms with Gasteiger partial charge in [-0.1, -0.05) is 35.9 Å². The number of aryl methyl sites for hydroxylation is 1. The van der Waals surface area contributed by atoms with E-state index in [-0.39, 0.29) is 33.0 Å². The Labute approximate surface area is 223 Å². The molecule has 39 heavy (non-hydrogen) atoms. The number of hydrogen-bond acceptors (Lipinski definition) is 9. The summed E-state index contributed by atoms with van der Waals surface area (Å²) in [7, 11) is -2.74. The number of hydrogen-bond donors (Lipinski definition) is 1. The van der Waals surface area contributed by atoms with Crippen molar-refractivity contribution in [3.8, 4) is 17.4 Å². The quantitative estimate of drug-likeness (QED) is 0.327. The van der Waals surface area contributed by atoms with Crippen LogP contribution in [0.15, 0.2) is 76.4 Å². The zero-order valence-electron chi connectivity index (χ0n) is 21.2. The number of nitrogens with zero attached hydrogens (tertiary/aromatic N) is 2. The lowest BCUT2D eigenvalue weighted by Crippen LogP contribution is -2.34. The molecule has 5 rings (SSSR count). The second kappa shape index (κ2) is 9.79. The Morgan fingerprint density at radius 3 is 2.44 bits per heavy atom. The average Bonchev–Trinajstić information content (AvgIpc) is 3.20. The van der Waals surface area contributed by atoms with E-state index in [1.54, 1.807) is 37.4 Å². The van der Waals surface area contributed by atoms with E-state index in [4.69, 9.17) is 13.7 Å². The van der Waals surface area contributed by atoms with Gasteiger partial charge in [0.25, 0.3) is 11.4 Å². The van der Waals surface area contributed by atoms with Crippen LogP contribution in [0.2, 0.25) is 0 Å². The van der Waals surface area contributed by atoms with E-state index in [9.17, 15) is 22.4 Å². The number of likely N-dealkylation sites (N-methyl/N-ethyl adjacent to an activating group) is 1. The molecule has 202 valence electrons. The van der Waals surface area contributed by atoms with Crippen LogP contribution >= 0.6 is 0 Å². The summed E-state index contributed by atoms with van der Waals surface area (Å²) in [6.07, 6.45) is 0. The fourth-order valence-electron chi connectivity index (χ4n) is 4.26. The molecule has 0 saturated heterocycles. The summed E-state index contributed by atoms with van der Waals surface area (Å²) in [5.41, 5.74) is 0.701. The normalized spacial score (nSPS) is 17.2. The fraction of sp³-hybridized carbons (Fsp3) is 0.222. The van der Waals surface area contributed by atoms with Gasteiger partial charge in [-0.05, 0) is 55.9 Å². The highest BCUT2D eigenvalue weighted by Crippen LogP contribution is 2.41. The first-order valence-corrected chi connectivity index (χ1v) is 13.3. The molecule has 0 amide bonds. The van der Waals surface area contributed by atoms with Gasteiger partial charge in [0.05, 0.1) is 16.8 Å². The third kappa shape index (κ3) is 5.20. The van der Waals surface area contributed by atoms with Gasteiger partial charge in [-0.3, -0.25) is 9.59 Å². The highest BCUT2D eigenvalue weighted by Gasteiger charge is 2.37. The molecular weight excluding hydrogens is 529 g/mol. The van der Waals surface area contributed by atoms with Gasteiger partial charge in [-0.2, -0.15) is 12.8 Å². The minimum Gasteiger partial charge on any atom is -0.423 e. The second-order valence-corrected chi connectivity index (χ2v) is 10.6. The summed E-state index contributed by atoms with van der Waals surface area (Å²) < 4.78 is 56.5. The number of benzene rings is 3. The molecule has 2 heterocycles. The number of Topliss-reactive ketones (excluding diaryl/α,β-unsaturated/α-hetero) is 1. The van der Waals surface area contributed by atoms with Gasteiger partial charge >= 0.3 is 16.2 Å². The number of rotatable bonds is 8. The van der Waals surface area contributed by atoms with Crippen LogP contribution in [-0.2, 0) is 21.5 Å². The summed E-state index contributed by atoms with van der Waals surface area (Å²) in [4.78, 5) is 26.5. The Hall–Kier alpha value is -4.29. The van der Waals surface area contributed by atoms with Gasteiger partial charge in [0.1, 0.15) is 11.4 Å². The van der Waals surface area contributed by atoms with Crippen LogP contribution in [0, 0.1) is 6.92 Å². The van der Waals surface area contributed by atoms with Crippen LogP contribution < -0.4 is 24.5 Å². The molecule has 0 spiro atoms. The summed E-state index contributed by atoms with van der Waals surface area (Å²) in [6.45, 7) is 2.43. The first kappa shape index (κ1) is 26.3. The van der Waals surface area contributed by atoms with Crippen molar-refractivity contribution in [2.24, 2.45) is 0 Å². The Morgan fingerprint density at radius 1 is 1.08 bits per heavy atom. The van der Waals surface area contributed by atoms with Crippen molar-refractivity contribution < 1.29 is 31.3 Å². The lowest BCUT2D eigenvalue weighted by Gasteiger charge is -2.17. The first-order chi connectivity index (χ1) is 18.5. The Morgan fingerprint density at radius 2 is 1.74 bits per heavy atom. The number of aromatic nitrogens is 2. The average molecular weight is 554 g/mol. The summed E-state index contributed by atoms with van der Waals surface area (Å²) in [6, 6.07) is 13.6. The smallest absolute Gasteiger partial charge is 0.404 e. The number of carbonyl (C=O) groups is 1. The molecule has 0 aliphatic carbocycles. The second-order valence-electron chi connectivity index (χ2n) is 9.10. The number of ether oxygens (including phenoxy) is 2. The molecular formula is C27H24FN3O7S. The van der Waals surface area contributed by atoms with E-state index in [0.717, 1.165) is 17.2 Å². The number of fused-ring (bicyclic) bond motifs is 2. The van der Waals surface area contributed by atoms with Gasteiger partial charge in [-0.25, -0.2) is 4.68 Å². The number of nitrogens with one attached hydrogen (secondary N) is 1. The fourth-order valence-corrected chi connectivity index (χ4v) is 5.16. The van der Waals surface area contributed by atoms with Gasteiger partial charge in [0.2, 0.25) is 0 Å². The molecule has 4 aromatic rings. The van der Waals surface area contributed by atoms with Crippen molar-refractivity contribution >= 4 is 26.7 Å². The molecule has 1 aliphatic rings. The largest absolute Gasteiger partial charge is 0.423 e. The van der Waals surface area contributed by atoms with E-state index < -0.39 is 40.1 Å².